The van der Waals surface area contributed by atoms with E-state index in [0.717, 1.165) is 11.8 Å². The summed E-state index contributed by atoms with van der Waals surface area (Å²) < 4.78 is 40.5. The van der Waals surface area contributed by atoms with Crippen LogP contribution in [-0.2, 0) is 6.18 Å². The van der Waals surface area contributed by atoms with Crippen LogP contribution in [0.2, 0.25) is 0 Å². The Balaban J connectivity index is 1.50. The lowest BCUT2D eigenvalue weighted by atomic mass is 10.1. The third-order valence-corrected chi connectivity index (χ3v) is 3.81. The fourth-order valence-electron chi connectivity index (χ4n) is 2.48. The largest absolute Gasteiger partial charge is 0.418 e. The zero-order chi connectivity index (χ0) is 20.9. The van der Waals surface area contributed by atoms with E-state index >= 15 is 0 Å². The van der Waals surface area contributed by atoms with Crippen molar-refractivity contribution in [3.05, 3.63) is 60.2 Å². The van der Waals surface area contributed by atoms with E-state index in [1.54, 1.807) is 16.9 Å². The lowest BCUT2D eigenvalue weighted by molar-refractivity contribution is -0.136. The molecule has 0 fully saturated rings. The standard InChI is InChI=1S/C18H18F3N7O/c1-12-6-9-28(27-12)16-10-15(24-11-25-16)22-7-8-23-17(29)26-14-5-3-2-4-13(14)18(19,20)21/h2-6,9-11H,7-8H2,1H3,(H,22,24,25)(H2,23,26,29). The molecule has 2 aromatic heterocycles. The van der Waals surface area contributed by atoms with E-state index in [4.69, 9.17) is 0 Å². The van der Waals surface area contributed by atoms with Crippen LogP contribution in [0.5, 0.6) is 0 Å². The van der Waals surface area contributed by atoms with E-state index in [-0.39, 0.29) is 12.2 Å². The van der Waals surface area contributed by atoms with E-state index in [9.17, 15) is 18.0 Å². The van der Waals surface area contributed by atoms with E-state index < -0.39 is 17.8 Å². The van der Waals surface area contributed by atoms with Crippen LogP contribution in [0.1, 0.15) is 11.3 Å². The molecule has 1 aromatic carbocycles. The molecule has 0 saturated heterocycles. The number of rotatable bonds is 6. The summed E-state index contributed by atoms with van der Waals surface area (Å²) in [4.78, 5) is 20.1. The number of carbonyl (C=O) groups is 1. The minimum Gasteiger partial charge on any atom is -0.368 e. The van der Waals surface area contributed by atoms with Gasteiger partial charge >= 0.3 is 12.2 Å². The second-order valence-corrected chi connectivity index (χ2v) is 6.01. The predicted molar refractivity (Wildman–Crippen MR) is 101 cm³/mol. The quantitative estimate of drug-likeness (QED) is 0.547. The maximum Gasteiger partial charge on any atom is 0.418 e. The number of nitrogens with zero attached hydrogens (tertiary/aromatic N) is 4. The van der Waals surface area contributed by atoms with Crippen molar-refractivity contribution in [3.8, 4) is 5.82 Å². The number of aromatic nitrogens is 4. The van der Waals surface area contributed by atoms with Crippen molar-refractivity contribution in [1.82, 2.24) is 25.1 Å². The number of carbonyl (C=O) groups excluding carboxylic acids is 1. The highest BCUT2D eigenvalue weighted by Crippen LogP contribution is 2.34. The monoisotopic (exact) mass is 405 g/mol. The number of alkyl halides is 3. The molecule has 3 rings (SSSR count). The first-order valence-electron chi connectivity index (χ1n) is 8.62. The number of amides is 2. The number of benzene rings is 1. The smallest absolute Gasteiger partial charge is 0.368 e. The Hall–Kier alpha value is -3.63. The molecular weight excluding hydrogens is 387 g/mol. The molecule has 0 saturated carbocycles. The molecule has 2 amide bonds. The summed E-state index contributed by atoms with van der Waals surface area (Å²) in [5, 5.41) is 12.0. The summed E-state index contributed by atoms with van der Waals surface area (Å²) in [6, 6.07) is 7.57. The fourth-order valence-corrected chi connectivity index (χ4v) is 2.48. The normalized spacial score (nSPS) is 11.2. The van der Waals surface area contributed by atoms with Gasteiger partial charge in [0.2, 0.25) is 0 Å². The molecule has 152 valence electrons. The minimum absolute atomic E-state index is 0.167. The van der Waals surface area contributed by atoms with Gasteiger partial charge in [-0.05, 0) is 25.1 Å². The van der Waals surface area contributed by atoms with Gasteiger partial charge in [0.25, 0.3) is 0 Å². The molecule has 0 unspecified atom stereocenters. The summed E-state index contributed by atoms with van der Waals surface area (Å²) >= 11 is 0. The first kappa shape index (κ1) is 20.1. The van der Waals surface area contributed by atoms with E-state index in [0.29, 0.717) is 18.2 Å². The molecule has 0 bridgehead atoms. The number of hydrogen-bond donors (Lipinski definition) is 3. The third-order valence-electron chi connectivity index (χ3n) is 3.81. The molecule has 29 heavy (non-hydrogen) atoms. The van der Waals surface area contributed by atoms with Crippen LogP contribution in [0.15, 0.2) is 48.9 Å². The Bertz CT molecular complexity index is 987. The highest BCUT2D eigenvalue weighted by Gasteiger charge is 2.33. The number of hydrogen-bond acceptors (Lipinski definition) is 5. The van der Waals surface area contributed by atoms with Crippen LogP contribution in [0, 0.1) is 6.92 Å². The van der Waals surface area contributed by atoms with Gasteiger partial charge in [-0.1, -0.05) is 12.1 Å². The molecule has 0 atom stereocenters. The number of para-hydroxylation sites is 1. The Morgan fingerprint density at radius 3 is 2.66 bits per heavy atom. The average molecular weight is 405 g/mol. The molecule has 3 aromatic rings. The number of anilines is 2. The van der Waals surface area contributed by atoms with Crippen LogP contribution >= 0.6 is 0 Å². The van der Waals surface area contributed by atoms with Gasteiger partial charge in [-0.2, -0.15) is 18.3 Å². The summed E-state index contributed by atoms with van der Waals surface area (Å²) in [7, 11) is 0. The topological polar surface area (TPSA) is 96.8 Å². The van der Waals surface area contributed by atoms with Crippen LogP contribution in [0.4, 0.5) is 29.5 Å². The first-order chi connectivity index (χ1) is 13.8. The van der Waals surface area contributed by atoms with Crippen molar-refractivity contribution < 1.29 is 18.0 Å². The number of halogens is 3. The van der Waals surface area contributed by atoms with Gasteiger partial charge in [-0.3, -0.25) is 0 Å². The summed E-state index contributed by atoms with van der Waals surface area (Å²) in [5.74, 6) is 1.10. The van der Waals surface area contributed by atoms with Gasteiger partial charge < -0.3 is 16.0 Å². The molecule has 0 aliphatic heterocycles. The van der Waals surface area contributed by atoms with Crippen molar-refractivity contribution in [2.75, 3.05) is 23.7 Å². The van der Waals surface area contributed by atoms with Gasteiger partial charge in [-0.15, -0.1) is 0 Å². The van der Waals surface area contributed by atoms with Gasteiger partial charge in [0.15, 0.2) is 5.82 Å². The van der Waals surface area contributed by atoms with Crippen molar-refractivity contribution >= 4 is 17.5 Å². The zero-order valence-electron chi connectivity index (χ0n) is 15.4. The van der Waals surface area contributed by atoms with Crippen LogP contribution in [-0.4, -0.2) is 38.9 Å². The number of aryl methyl sites for hydroxylation is 1. The number of urea groups is 1. The van der Waals surface area contributed by atoms with Gasteiger partial charge in [0.1, 0.15) is 12.1 Å². The van der Waals surface area contributed by atoms with Crippen molar-refractivity contribution in [2.24, 2.45) is 0 Å². The average Bonchev–Trinajstić information content (AvgIpc) is 3.11. The lowest BCUT2D eigenvalue weighted by Crippen LogP contribution is -2.33. The molecule has 0 radical (unpaired) electrons. The predicted octanol–water partition coefficient (Wildman–Crippen LogP) is 3.22. The molecule has 11 heteroatoms. The summed E-state index contributed by atoms with van der Waals surface area (Å²) in [5.41, 5.74) is -0.364. The minimum atomic E-state index is -4.55. The van der Waals surface area contributed by atoms with Crippen LogP contribution < -0.4 is 16.0 Å². The maximum absolute atomic E-state index is 12.9. The fraction of sp³-hybridized carbons (Fsp3) is 0.222. The molecule has 2 heterocycles. The second-order valence-electron chi connectivity index (χ2n) is 6.01. The molecule has 8 nitrogen and oxygen atoms in total. The Morgan fingerprint density at radius 1 is 1.14 bits per heavy atom. The zero-order valence-corrected chi connectivity index (χ0v) is 15.4. The molecule has 0 aliphatic carbocycles. The van der Waals surface area contributed by atoms with Crippen molar-refractivity contribution in [1.29, 1.82) is 0 Å². The first-order valence-corrected chi connectivity index (χ1v) is 8.62. The van der Waals surface area contributed by atoms with Crippen molar-refractivity contribution in [3.63, 3.8) is 0 Å². The van der Waals surface area contributed by atoms with E-state index in [1.807, 2.05) is 13.0 Å². The van der Waals surface area contributed by atoms with Crippen LogP contribution in [0.3, 0.4) is 0 Å². The third kappa shape index (κ3) is 5.43. The SMILES string of the molecule is Cc1ccn(-c2cc(NCCNC(=O)Nc3ccccc3C(F)(F)F)ncn2)n1. The highest BCUT2D eigenvalue weighted by atomic mass is 19.4. The van der Waals surface area contributed by atoms with Gasteiger partial charge in [0.05, 0.1) is 16.9 Å². The summed E-state index contributed by atoms with van der Waals surface area (Å²) in [6.07, 6.45) is -1.40. The Kier molecular flexibility index (Phi) is 5.96. The highest BCUT2D eigenvalue weighted by molar-refractivity contribution is 5.90. The van der Waals surface area contributed by atoms with E-state index in [1.165, 1.54) is 24.5 Å². The Morgan fingerprint density at radius 2 is 1.93 bits per heavy atom. The molecule has 0 spiro atoms. The van der Waals surface area contributed by atoms with E-state index in [2.05, 4.69) is 31.0 Å². The maximum atomic E-state index is 12.9. The molecular formula is C18H18F3N7O. The van der Waals surface area contributed by atoms with Crippen molar-refractivity contribution in [2.45, 2.75) is 13.1 Å². The lowest BCUT2D eigenvalue weighted by Gasteiger charge is -2.14. The molecule has 3 N–H and O–H groups in total. The van der Waals surface area contributed by atoms with Crippen LogP contribution in [0.25, 0.3) is 5.82 Å². The second kappa shape index (κ2) is 8.59. The number of nitrogens with one attached hydrogen (secondary N) is 3. The Labute approximate surface area is 164 Å². The van der Waals surface area contributed by atoms with Gasteiger partial charge in [0, 0.05) is 25.4 Å². The summed E-state index contributed by atoms with van der Waals surface area (Å²) in [6.45, 7) is 2.34. The van der Waals surface area contributed by atoms with Gasteiger partial charge in [-0.25, -0.2) is 19.4 Å². The molecule has 0 aliphatic rings.